The number of anilines is 1. The maximum atomic E-state index is 11.8. The number of nitrogens with zero attached hydrogens (tertiary/aromatic N) is 3. The van der Waals surface area contributed by atoms with Crippen LogP contribution in [0.1, 0.15) is 24.1 Å². The molecule has 3 heterocycles. The summed E-state index contributed by atoms with van der Waals surface area (Å²) in [5.74, 6) is -0.703. The number of likely N-dealkylation sites (tertiary alicyclic amines) is 1. The maximum Gasteiger partial charge on any atom is 0.311 e. The van der Waals surface area contributed by atoms with Gasteiger partial charge in [0.15, 0.2) is 5.13 Å². The zero-order valence-electron chi connectivity index (χ0n) is 13.9. The second-order valence-electron chi connectivity index (χ2n) is 6.60. The number of aromatic nitrogens is 1. The summed E-state index contributed by atoms with van der Waals surface area (Å²) in [5.41, 5.74) is -0.683. The molecule has 24 heavy (non-hydrogen) atoms. The Morgan fingerprint density at radius 2 is 2.25 bits per heavy atom. The van der Waals surface area contributed by atoms with Gasteiger partial charge < -0.3 is 14.7 Å². The van der Waals surface area contributed by atoms with E-state index in [2.05, 4.69) is 21.4 Å². The molecule has 1 atom stereocenters. The normalized spacial score (nSPS) is 25.6. The maximum absolute atomic E-state index is 11.8. The Kier molecular flexibility index (Phi) is 5.53. The second-order valence-corrected chi connectivity index (χ2v) is 7.69. The number of carbonyl (C=O) groups is 1. The monoisotopic (exact) mass is 351 g/mol. The molecule has 2 fully saturated rings. The molecule has 2 aliphatic heterocycles. The number of piperidine rings is 1. The highest BCUT2D eigenvalue weighted by atomic mass is 32.1. The second kappa shape index (κ2) is 7.63. The zero-order chi connectivity index (χ0) is 17.0. The minimum atomic E-state index is -0.703. The van der Waals surface area contributed by atoms with Crippen molar-refractivity contribution >= 4 is 22.4 Å². The van der Waals surface area contributed by atoms with Crippen molar-refractivity contribution in [2.75, 3.05) is 44.3 Å². The van der Waals surface area contributed by atoms with Crippen molar-refractivity contribution in [1.29, 1.82) is 0 Å². The fraction of sp³-hybridized carbons (Fsp3) is 0.647. The van der Waals surface area contributed by atoms with Gasteiger partial charge in [0.1, 0.15) is 0 Å². The molecule has 6 nitrogen and oxygen atoms in total. The number of allylic oxidation sites excluding steroid dienone is 1. The van der Waals surface area contributed by atoms with Crippen LogP contribution in [0.4, 0.5) is 5.13 Å². The van der Waals surface area contributed by atoms with Crippen molar-refractivity contribution in [1.82, 2.24) is 9.88 Å². The van der Waals surface area contributed by atoms with Gasteiger partial charge in [-0.25, -0.2) is 4.98 Å². The van der Waals surface area contributed by atoms with E-state index in [-0.39, 0.29) is 0 Å². The highest BCUT2D eigenvalue weighted by molar-refractivity contribution is 7.15. The van der Waals surface area contributed by atoms with Gasteiger partial charge in [-0.2, -0.15) is 0 Å². The molecule has 0 radical (unpaired) electrons. The number of aliphatic carboxylic acids is 1. The average molecular weight is 351 g/mol. The first-order valence-electron chi connectivity index (χ1n) is 8.47. The lowest BCUT2D eigenvalue weighted by Gasteiger charge is -2.39. The average Bonchev–Trinajstić information content (AvgIpc) is 3.04. The molecule has 3 rings (SSSR count). The number of thiazole rings is 1. The first kappa shape index (κ1) is 17.4. The van der Waals surface area contributed by atoms with Crippen molar-refractivity contribution in [3.05, 3.63) is 23.7 Å². The van der Waals surface area contributed by atoms with Gasteiger partial charge in [0.2, 0.25) is 0 Å². The van der Waals surface area contributed by atoms with Crippen LogP contribution in [0, 0.1) is 5.41 Å². The third kappa shape index (κ3) is 3.79. The summed E-state index contributed by atoms with van der Waals surface area (Å²) in [6.45, 7) is 9.32. The van der Waals surface area contributed by atoms with E-state index >= 15 is 0 Å². The van der Waals surface area contributed by atoms with Gasteiger partial charge in [-0.05, 0) is 25.8 Å². The molecule has 1 aromatic rings. The quantitative estimate of drug-likeness (QED) is 0.793. The largest absolute Gasteiger partial charge is 0.481 e. The predicted molar refractivity (Wildman–Crippen MR) is 94.5 cm³/mol. The van der Waals surface area contributed by atoms with Crippen molar-refractivity contribution in [3.8, 4) is 0 Å². The Morgan fingerprint density at radius 3 is 2.96 bits per heavy atom. The molecule has 0 bridgehead atoms. The fourth-order valence-corrected chi connectivity index (χ4v) is 4.56. The third-order valence-electron chi connectivity index (χ3n) is 4.85. The predicted octanol–water partition coefficient (Wildman–Crippen LogP) is 2.22. The van der Waals surface area contributed by atoms with E-state index in [1.165, 1.54) is 4.88 Å². The molecule has 0 unspecified atom stereocenters. The number of carboxylic acids is 1. The van der Waals surface area contributed by atoms with Gasteiger partial charge in [-0.1, -0.05) is 6.08 Å². The molecule has 0 aliphatic carbocycles. The molecule has 7 heteroatoms. The molecular weight excluding hydrogens is 326 g/mol. The molecule has 1 aromatic heterocycles. The summed E-state index contributed by atoms with van der Waals surface area (Å²) in [6.07, 6.45) is 5.84. The summed E-state index contributed by atoms with van der Waals surface area (Å²) in [7, 11) is 0. The smallest absolute Gasteiger partial charge is 0.311 e. The standard InChI is InChI=1S/C17H25N3O3S/c1-2-4-17(15(21)22)5-3-6-19(13-17)12-14-11-18-16(24-14)20-7-9-23-10-8-20/h2,11H,1,3-10,12-13H2,(H,21,22)/t17-/m1/s1. The lowest BCUT2D eigenvalue weighted by Crippen LogP contribution is -2.47. The molecular formula is C17H25N3O3S. The Bertz CT molecular complexity index is 585. The molecule has 1 N–H and O–H groups in total. The summed E-state index contributed by atoms with van der Waals surface area (Å²) in [5, 5.41) is 10.7. The van der Waals surface area contributed by atoms with E-state index in [9.17, 15) is 9.90 Å². The topological polar surface area (TPSA) is 65.9 Å². The van der Waals surface area contributed by atoms with Crippen LogP contribution in [-0.2, 0) is 16.1 Å². The number of hydrogen-bond acceptors (Lipinski definition) is 6. The molecule has 0 spiro atoms. The van der Waals surface area contributed by atoms with Gasteiger partial charge in [-0.15, -0.1) is 17.9 Å². The lowest BCUT2D eigenvalue weighted by molar-refractivity contribution is -0.152. The van der Waals surface area contributed by atoms with Crippen LogP contribution in [0.3, 0.4) is 0 Å². The molecule has 132 valence electrons. The van der Waals surface area contributed by atoms with Crippen LogP contribution in [0.5, 0.6) is 0 Å². The van der Waals surface area contributed by atoms with E-state index in [1.807, 2.05) is 6.20 Å². The Labute approximate surface area is 146 Å². The lowest BCUT2D eigenvalue weighted by atomic mass is 9.77. The van der Waals surface area contributed by atoms with Gasteiger partial charge in [0.25, 0.3) is 0 Å². The first-order valence-corrected chi connectivity index (χ1v) is 9.29. The third-order valence-corrected chi connectivity index (χ3v) is 5.89. The van der Waals surface area contributed by atoms with E-state index in [0.29, 0.717) is 13.0 Å². The Morgan fingerprint density at radius 1 is 1.46 bits per heavy atom. The Balaban J connectivity index is 1.64. The molecule has 0 amide bonds. The fourth-order valence-electron chi connectivity index (χ4n) is 3.56. The minimum absolute atomic E-state index is 0.528. The van der Waals surface area contributed by atoms with Gasteiger partial charge in [-0.3, -0.25) is 9.69 Å². The van der Waals surface area contributed by atoms with E-state index in [0.717, 1.165) is 57.4 Å². The van der Waals surface area contributed by atoms with Crippen molar-refractivity contribution in [2.24, 2.45) is 5.41 Å². The van der Waals surface area contributed by atoms with Crippen LogP contribution < -0.4 is 4.90 Å². The molecule has 0 aromatic carbocycles. The number of morpholine rings is 1. The van der Waals surface area contributed by atoms with Crippen LogP contribution >= 0.6 is 11.3 Å². The summed E-state index contributed by atoms with van der Waals surface area (Å²) < 4.78 is 5.38. The Hall–Kier alpha value is -1.44. The number of ether oxygens (including phenoxy) is 1. The highest BCUT2D eigenvalue weighted by Gasteiger charge is 2.41. The molecule has 2 aliphatic rings. The molecule has 0 saturated carbocycles. The van der Waals surface area contributed by atoms with Gasteiger partial charge >= 0.3 is 5.97 Å². The van der Waals surface area contributed by atoms with E-state index in [4.69, 9.17) is 4.74 Å². The summed E-state index contributed by atoms with van der Waals surface area (Å²) in [4.78, 5) is 22.0. The highest BCUT2D eigenvalue weighted by Crippen LogP contribution is 2.35. The summed E-state index contributed by atoms with van der Waals surface area (Å²) in [6, 6.07) is 0. The van der Waals surface area contributed by atoms with Gasteiger partial charge in [0.05, 0.1) is 18.6 Å². The summed E-state index contributed by atoms with van der Waals surface area (Å²) >= 11 is 1.70. The zero-order valence-corrected chi connectivity index (χ0v) is 14.8. The SMILES string of the molecule is C=CC[C@@]1(C(=O)O)CCCN(Cc2cnc(N3CCOCC3)s2)C1. The van der Waals surface area contributed by atoms with Crippen molar-refractivity contribution in [3.63, 3.8) is 0 Å². The van der Waals surface area contributed by atoms with Crippen LogP contribution in [0.25, 0.3) is 0 Å². The van der Waals surface area contributed by atoms with Crippen molar-refractivity contribution in [2.45, 2.75) is 25.8 Å². The van der Waals surface area contributed by atoms with Crippen LogP contribution in [-0.4, -0.2) is 60.4 Å². The van der Waals surface area contributed by atoms with E-state index in [1.54, 1.807) is 17.4 Å². The number of hydrogen-bond donors (Lipinski definition) is 1. The first-order chi connectivity index (χ1) is 11.6. The number of rotatable bonds is 6. The van der Waals surface area contributed by atoms with Crippen LogP contribution in [0.15, 0.2) is 18.9 Å². The number of carboxylic acid groups (broad SMARTS) is 1. The molecule has 2 saturated heterocycles. The van der Waals surface area contributed by atoms with E-state index < -0.39 is 11.4 Å². The van der Waals surface area contributed by atoms with Gasteiger partial charge in [0, 0.05) is 37.3 Å². The minimum Gasteiger partial charge on any atom is -0.481 e. The van der Waals surface area contributed by atoms with Crippen LogP contribution in [0.2, 0.25) is 0 Å². The van der Waals surface area contributed by atoms with Crippen molar-refractivity contribution < 1.29 is 14.6 Å².